The van der Waals surface area contributed by atoms with Crippen LogP contribution in [0.3, 0.4) is 0 Å². The van der Waals surface area contributed by atoms with Gasteiger partial charge in [0.1, 0.15) is 0 Å². The van der Waals surface area contributed by atoms with E-state index in [0.29, 0.717) is 6.10 Å². The van der Waals surface area contributed by atoms with Crippen molar-refractivity contribution in [3.05, 3.63) is 0 Å². The molecule has 2 radical (unpaired) electrons. The van der Waals surface area contributed by atoms with Gasteiger partial charge >= 0.3 is 46.4 Å². The molecule has 3 nitrogen and oxygen atoms in total. The van der Waals surface area contributed by atoms with Gasteiger partial charge in [-0.25, -0.2) is 5.01 Å². The quantitative estimate of drug-likeness (QED) is 0.465. The third-order valence-corrected chi connectivity index (χ3v) is 2.23. The minimum atomic E-state index is 0.406. The largest absolute Gasteiger partial charge is 0.269 e. The molecule has 0 rings (SSSR count). The van der Waals surface area contributed by atoms with Crippen LogP contribution in [0.4, 0.5) is 0 Å². The smallest absolute Gasteiger partial charge is 0.00996 e. The Morgan fingerprint density at radius 1 is 1.36 bits per heavy atom. The van der Waals surface area contributed by atoms with Crippen LogP contribution in [0, 0.1) is 0 Å². The molecule has 4 heteroatoms. The Balaban J connectivity index is 0. The first-order chi connectivity index (χ1) is 5.08. The van der Waals surface area contributed by atoms with Gasteiger partial charge < -0.3 is 0 Å². The molecule has 0 aliphatic heterocycles. The summed E-state index contributed by atoms with van der Waals surface area (Å²) in [6, 6.07) is 0. The van der Waals surface area contributed by atoms with Crippen molar-refractivity contribution in [1.29, 1.82) is 0 Å². The third kappa shape index (κ3) is 18.0. The molecule has 11 heavy (non-hydrogen) atoms. The van der Waals surface area contributed by atoms with Crippen molar-refractivity contribution in [2.24, 2.45) is 5.84 Å². The second-order valence-corrected chi connectivity index (χ2v) is 2.98. The third-order valence-electron chi connectivity index (χ3n) is 1.02. The number of rotatable bonds is 3. The summed E-state index contributed by atoms with van der Waals surface area (Å²) in [5.41, 5.74) is 0. The van der Waals surface area contributed by atoms with E-state index >= 15 is 0 Å². The molecule has 0 aliphatic carbocycles. The maximum Gasteiger partial charge on any atom is 0.00996 e. The van der Waals surface area contributed by atoms with Crippen LogP contribution < -0.4 is 5.84 Å². The first-order valence-electron chi connectivity index (χ1n) is 3.88. The average Bonchev–Trinajstić information content (AvgIpc) is 2.04. The van der Waals surface area contributed by atoms with Crippen LogP contribution in [0.2, 0.25) is 0 Å². The van der Waals surface area contributed by atoms with E-state index in [-0.39, 0.29) is 0 Å². The second kappa shape index (κ2) is 10.7. The minimum absolute atomic E-state index is 0.406. The van der Waals surface area contributed by atoms with Gasteiger partial charge in [-0.15, -0.1) is 0 Å². The first-order valence-corrected chi connectivity index (χ1v) is 4.92. The van der Waals surface area contributed by atoms with E-state index in [9.17, 15) is 0 Å². The zero-order valence-corrected chi connectivity index (χ0v) is 10.4. The van der Waals surface area contributed by atoms with Gasteiger partial charge in [-0.1, -0.05) is 13.8 Å². The van der Waals surface area contributed by atoms with Gasteiger partial charge in [0, 0.05) is 13.1 Å². The van der Waals surface area contributed by atoms with Crippen molar-refractivity contribution >= 4 is 23.4 Å². The SMILES string of the molecule is CC(C)[O][Sb].CCN(N)CC. The molecular weight excluding hydrogens is 250 g/mol. The number of nitrogens with zero attached hydrogens (tertiary/aromatic N) is 1. The molecule has 0 saturated heterocycles. The minimum Gasteiger partial charge on any atom is -0.269 e. The van der Waals surface area contributed by atoms with Crippen molar-refractivity contribution in [3.8, 4) is 0 Å². The molecule has 0 bridgehead atoms. The summed E-state index contributed by atoms with van der Waals surface area (Å²) in [6.07, 6.45) is 0.406. The van der Waals surface area contributed by atoms with Crippen LogP contribution in [-0.2, 0) is 3.02 Å². The molecule has 0 unspecified atom stereocenters. The Kier molecular flexibility index (Phi) is 13.8. The fraction of sp³-hybridized carbons (Fsp3) is 1.00. The summed E-state index contributed by atoms with van der Waals surface area (Å²) >= 11 is 1.40. The van der Waals surface area contributed by atoms with E-state index in [4.69, 9.17) is 8.86 Å². The Morgan fingerprint density at radius 3 is 1.64 bits per heavy atom. The van der Waals surface area contributed by atoms with Crippen molar-refractivity contribution in [2.75, 3.05) is 13.1 Å². The predicted molar refractivity (Wildman–Crippen MR) is 49.1 cm³/mol. The van der Waals surface area contributed by atoms with Crippen LogP contribution in [0.5, 0.6) is 0 Å². The molecule has 0 fully saturated rings. The number of hydrazine groups is 1. The number of nitrogens with two attached hydrogens (primary N) is 1. The van der Waals surface area contributed by atoms with E-state index in [1.807, 2.05) is 27.7 Å². The molecule has 0 aliphatic rings. The Bertz CT molecular complexity index is 67.5. The van der Waals surface area contributed by atoms with Gasteiger partial charge in [0.25, 0.3) is 0 Å². The first kappa shape index (κ1) is 14.2. The predicted octanol–water partition coefficient (Wildman–Crippen LogP) is 0.697. The van der Waals surface area contributed by atoms with Crippen LogP contribution in [0.1, 0.15) is 27.7 Å². The van der Waals surface area contributed by atoms with Crippen LogP contribution in [0.25, 0.3) is 0 Å². The van der Waals surface area contributed by atoms with E-state index in [1.54, 1.807) is 5.01 Å². The van der Waals surface area contributed by atoms with Gasteiger partial charge in [0.15, 0.2) is 0 Å². The monoisotopic (exact) mass is 268 g/mol. The van der Waals surface area contributed by atoms with Crippen LogP contribution in [0.15, 0.2) is 0 Å². The molecule has 0 aromatic rings. The molecule has 2 N–H and O–H groups in total. The topological polar surface area (TPSA) is 38.5 Å². The van der Waals surface area contributed by atoms with Crippen molar-refractivity contribution in [2.45, 2.75) is 33.8 Å². The Labute approximate surface area is 84.3 Å². The van der Waals surface area contributed by atoms with Gasteiger partial charge in [-0.3, -0.25) is 5.84 Å². The van der Waals surface area contributed by atoms with Gasteiger partial charge in [-0.05, 0) is 0 Å². The van der Waals surface area contributed by atoms with E-state index in [0.717, 1.165) is 13.1 Å². The van der Waals surface area contributed by atoms with Gasteiger partial charge in [0.05, 0.1) is 0 Å². The molecular formula is C7H19N2OSb. The van der Waals surface area contributed by atoms with Crippen molar-refractivity contribution < 1.29 is 3.02 Å². The zero-order valence-electron chi connectivity index (χ0n) is 7.87. The summed E-state index contributed by atoms with van der Waals surface area (Å²) in [5.74, 6) is 5.31. The molecule has 0 saturated carbocycles. The zero-order chi connectivity index (χ0) is 9.28. The fourth-order valence-corrected chi connectivity index (χ4v) is 0.224. The Hall–Kier alpha value is 0.698. The van der Waals surface area contributed by atoms with E-state index < -0.39 is 0 Å². The average molecular weight is 269 g/mol. The van der Waals surface area contributed by atoms with Gasteiger partial charge in [-0.2, -0.15) is 0 Å². The molecule has 0 spiro atoms. The molecule has 0 aromatic carbocycles. The maximum atomic E-state index is 5.31. The molecule has 0 atom stereocenters. The van der Waals surface area contributed by atoms with E-state index in [2.05, 4.69) is 0 Å². The molecule has 0 heterocycles. The van der Waals surface area contributed by atoms with Gasteiger partial charge in [0.2, 0.25) is 0 Å². The summed E-state index contributed by atoms with van der Waals surface area (Å²) < 4.78 is 4.80. The van der Waals surface area contributed by atoms with Crippen LogP contribution in [-0.4, -0.2) is 47.6 Å². The molecule has 68 valence electrons. The fourth-order valence-electron chi connectivity index (χ4n) is 0.224. The summed E-state index contributed by atoms with van der Waals surface area (Å²) in [6.45, 7) is 9.97. The summed E-state index contributed by atoms with van der Waals surface area (Å²) in [4.78, 5) is 0. The normalized spacial score (nSPS) is 9.82. The molecule has 0 aromatic heterocycles. The number of hydrogen-bond donors (Lipinski definition) is 1. The maximum absolute atomic E-state index is 5.31. The van der Waals surface area contributed by atoms with Crippen molar-refractivity contribution in [3.63, 3.8) is 0 Å². The second-order valence-electron chi connectivity index (χ2n) is 2.38. The van der Waals surface area contributed by atoms with Crippen molar-refractivity contribution in [1.82, 2.24) is 5.01 Å². The Morgan fingerprint density at radius 2 is 1.64 bits per heavy atom. The van der Waals surface area contributed by atoms with Crippen LogP contribution >= 0.6 is 0 Å². The van der Waals surface area contributed by atoms with E-state index in [1.165, 1.54) is 23.4 Å². The number of hydrogen-bond acceptors (Lipinski definition) is 3. The summed E-state index contributed by atoms with van der Waals surface area (Å²) in [5, 5.41) is 1.75. The molecule has 0 amide bonds. The summed E-state index contributed by atoms with van der Waals surface area (Å²) in [7, 11) is 0. The standard InChI is InChI=1S/C4H12N2.C3H7O.Sb/c1-3-6(5)4-2;1-3(2)4;/h3-5H2,1-2H3;3H,1-2H3;/q;-1;+1.